The van der Waals surface area contributed by atoms with Crippen molar-refractivity contribution in [3.05, 3.63) is 30.1 Å². The Morgan fingerprint density at radius 2 is 1.86 bits per heavy atom. The summed E-state index contributed by atoms with van der Waals surface area (Å²) in [5.74, 6) is 0.386. The van der Waals surface area contributed by atoms with Gasteiger partial charge in [0, 0.05) is 12.1 Å². The van der Waals surface area contributed by atoms with Crippen molar-refractivity contribution in [3.63, 3.8) is 0 Å². The summed E-state index contributed by atoms with van der Waals surface area (Å²) in [6, 6.07) is 5.89. The first-order valence-corrected chi connectivity index (χ1v) is 8.10. The van der Waals surface area contributed by atoms with Gasteiger partial charge in [-0.3, -0.25) is 0 Å². The minimum Gasteiger partial charge on any atom is -0.467 e. The number of aryl methyl sites for hydroxylation is 1. The largest absolute Gasteiger partial charge is 0.467 e. The maximum Gasteiger partial charge on any atom is 0.321 e. The Hall–Kier alpha value is -2.42. The molecule has 0 fully saturated rings. The van der Waals surface area contributed by atoms with E-state index in [-0.39, 0.29) is 16.9 Å². The quantitative estimate of drug-likeness (QED) is 0.767. The van der Waals surface area contributed by atoms with Crippen LogP contribution in [0.5, 0.6) is 6.01 Å². The highest BCUT2D eigenvalue weighted by atomic mass is 32.2. The molecule has 0 unspecified atom stereocenters. The number of nitrogens with one attached hydrogen (secondary N) is 1. The number of aromatic nitrogens is 3. The molecule has 9 heteroatoms. The number of nitrogens with two attached hydrogens (primary N) is 1. The third-order valence-electron chi connectivity index (χ3n) is 2.73. The predicted molar refractivity (Wildman–Crippen MR) is 82.0 cm³/mol. The highest BCUT2D eigenvalue weighted by Crippen LogP contribution is 2.16. The smallest absolute Gasteiger partial charge is 0.321 e. The number of nitrogens with zero attached hydrogens (tertiary/aromatic N) is 3. The van der Waals surface area contributed by atoms with Crippen LogP contribution >= 0.6 is 0 Å². The molecule has 3 N–H and O–H groups in total. The fourth-order valence-corrected chi connectivity index (χ4v) is 2.64. The number of methoxy groups -OCH3 is 1. The number of benzene rings is 1. The van der Waals surface area contributed by atoms with Gasteiger partial charge in [-0.2, -0.15) is 15.0 Å². The van der Waals surface area contributed by atoms with E-state index in [2.05, 4.69) is 19.7 Å². The summed E-state index contributed by atoms with van der Waals surface area (Å²) >= 11 is 0. The lowest BCUT2D eigenvalue weighted by molar-refractivity contribution is 0.376. The van der Waals surface area contributed by atoms with Gasteiger partial charge < -0.3 is 10.5 Å². The molecule has 0 spiro atoms. The van der Waals surface area contributed by atoms with Gasteiger partial charge in [0.15, 0.2) is 0 Å². The van der Waals surface area contributed by atoms with E-state index in [4.69, 9.17) is 10.5 Å². The predicted octanol–water partition coefficient (Wildman–Crippen LogP) is 1.22. The van der Waals surface area contributed by atoms with E-state index < -0.39 is 10.0 Å². The first-order valence-electron chi connectivity index (χ1n) is 6.62. The summed E-state index contributed by atoms with van der Waals surface area (Å²) in [7, 11) is -2.39. The Balaban J connectivity index is 2.32. The van der Waals surface area contributed by atoms with Gasteiger partial charge in [0.2, 0.25) is 5.95 Å². The third kappa shape index (κ3) is 3.82. The second-order valence-electron chi connectivity index (χ2n) is 4.49. The molecule has 0 radical (unpaired) electrons. The van der Waals surface area contributed by atoms with Crippen LogP contribution in [0.25, 0.3) is 0 Å². The van der Waals surface area contributed by atoms with Gasteiger partial charge in [-0.15, -0.1) is 0 Å². The molecule has 0 aliphatic heterocycles. The molecular formula is C13H17N5O3S. The SMILES string of the molecule is CCCc1nc(NS(=O)(=O)c2ccc(N)cc2)nc(OC)n1. The second-order valence-corrected chi connectivity index (χ2v) is 6.17. The topological polar surface area (TPSA) is 120 Å². The van der Waals surface area contributed by atoms with E-state index >= 15 is 0 Å². The molecule has 1 aromatic carbocycles. The Labute approximate surface area is 128 Å². The van der Waals surface area contributed by atoms with Crippen molar-refractivity contribution in [1.82, 2.24) is 15.0 Å². The maximum atomic E-state index is 12.3. The van der Waals surface area contributed by atoms with Crippen molar-refractivity contribution < 1.29 is 13.2 Å². The Morgan fingerprint density at radius 1 is 1.18 bits per heavy atom. The second kappa shape index (κ2) is 6.56. The minimum atomic E-state index is -3.80. The van der Waals surface area contributed by atoms with Gasteiger partial charge in [-0.05, 0) is 30.7 Å². The Kier molecular flexibility index (Phi) is 4.76. The molecule has 0 aliphatic carbocycles. The molecule has 0 saturated carbocycles. The van der Waals surface area contributed by atoms with Gasteiger partial charge in [0.05, 0.1) is 12.0 Å². The summed E-state index contributed by atoms with van der Waals surface area (Å²) in [6.07, 6.45) is 1.41. The van der Waals surface area contributed by atoms with E-state index in [0.29, 0.717) is 17.9 Å². The van der Waals surface area contributed by atoms with Crippen LogP contribution in [0.2, 0.25) is 0 Å². The molecule has 118 valence electrons. The van der Waals surface area contributed by atoms with E-state index in [0.717, 1.165) is 6.42 Å². The molecule has 1 heterocycles. The van der Waals surface area contributed by atoms with Crippen LogP contribution in [-0.4, -0.2) is 30.5 Å². The molecular weight excluding hydrogens is 306 g/mol. The van der Waals surface area contributed by atoms with Crippen LogP contribution < -0.4 is 15.2 Å². The van der Waals surface area contributed by atoms with E-state index in [1.165, 1.54) is 31.4 Å². The highest BCUT2D eigenvalue weighted by molar-refractivity contribution is 7.92. The molecule has 2 rings (SSSR count). The molecule has 0 atom stereocenters. The maximum absolute atomic E-state index is 12.3. The van der Waals surface area contributed by atoms with Crippen LogP contribution in [0.1, 0.15) is 19.2 Å². The minimum absolute atomic E-state index is 0.0634. The van der Waals surface area contributed by atoms with Gasteiger partial charge in [-0.25, -0.2) is 13.1 Å². The van der Waals surface area contributed by atoms with E-state index in [1.807, 2.05) is 6.92 Å². The molecule has 0 bridgehead atoms. The van der Waals surface area contributed by atoms with Crippen molar-refractivity contribution in [3.8, 4) is 6.01 Å². The fourth-order valence-electron chi connectivity index (χ4n) is 1.70. The first kappa shape index (κ1) is 16.0. The van der Waals surface area contributed by atoms with Gasteiger partial charge in [0.25, 0.3) is 10.0 Å². The summed E-state index contributed by atoms with van der Waals surface area (Å²) in [5, 5.41) is 0. The molecule has 0 aliphatic rings. The number of ether oxygens (including phenoxy) is 1. The number of anilines is 2. The van der Waals surface area contributed by atoms with Crippen LogP contribution in [0.3, 0.4) is 0 Å². The summed E-state index contributed by atoms with van der Waals surface area (Å²) in [6.45, 7) is 1.97. The Morgan fingerprint density at radius 3 is 2.45 bits per heavy atom. The lowest BCUT2D eigenvalue weighted by atomic mass is 10.3. The molecule has 2 aromatic rings. The number of hydrogen-bond donors (Lipinski definition) is 2. The van der Waals surface area contributed by atoms with Crippen LogP contribution in [-0.2, 0) is 16.4 Å². The zero-order valence-corrected chi connectivity index (χ0v) is 13.1. The third-order valence-corrected chi connectivity index (χ3v) is 4.08. The van der Waals surface area contributed by atoms with Crippen molar-refractivity contribution in [2.45, 2.75) is 24.7 Å². The van der Waals surface area contributed by atoms with Crippen molar-refractivity contribution in [2.75, 3.05) is 17.6 Å². The molecule has 22 heavy (non-hydrogen) atoms. The molecule has 1 aromatic heterocycles. The highest BCUT2D eigenvalue weighted by Gasteiger charge is 2.17. The average Bonchev–Trinajstić information content (AvgIpc) is 2.47. The average molecular weight is 323 g/mol. The number of nitrogen functional groups attached to an aromatic ring is 1. The number of hydrogen-bond acceptors (Lipinski definition) is 7. The summed E-state index contributed by atoms with van der Waals surface area (Å²) in [5.41, 5.74) is 6.03. The van der Waals surface area contributed by atoms with E-state index in [1.54, 1.807) is 0 Å². The Bertz CT molecular complexity index is 747. The normalized spacial score (nSPS) is 11.2. The molecule has 0 amide bonds. The van der Waals surface area contributed by atoms with E-state index in [9.17, 15) is 8.42 Å². The van der Waals surface area contributed by atoms with Gasteiger partial charge in [-0.1, -0.05) is 6.92 Å². The number of sulfonamides is 1. The van der Waals surface area contributed by atoms with Crippen LogP contribution in [0, 0.1) is 0 Å². The lowest BCUT2D eigenvalue weighted by Gasteiger charge is -2.09. The zero-order chi connectivity index (χ0) is 16.2. The zero-order valence-electron chi connectivity index (χ0n) is 12.3. The first-order chi connectivity index (χ1) is 10.4. The lowest BCUT2D eigenvalue weighted by Crippen LogP contribution is -2.16. The fraction of sp³-hybridized carbons (Fsp3) is 0.308. The van der Waals surface area contributed by atoms with Crippen LogP contribution in [0.15, 0.2) is 29.2 Å². The van der Waals surface area contributed by atoms with Gasteiger partial charge in [0.1, 0.15) is 5.82 Å². The summed E-state index contributed by atoms with van der Waals surface area (Å²) in [4.78, 5) is 12.1. The molecule has 8 nitrogen and oxygen atoms in total. The van der Waals surface area contributed by atoms with Gasteiger partial charge >= 0.3 is 6.01 Å². The van der Waals surface area contributed by atoms with Crippen molar-refractivity contribution in [2.24, 2.45) is 0 Å². The standard InChI is InChI=1S/C13H17N5O3S/c1-3-4-11-15-12(17-13(16-11)21-2)18-22(19,20)10-7-5-9(14)6-8-10/h5-8H,3-4,14H2,1-2H3,(H,15,16,17,18). The number of rotatable bonds is 6. The van der Waals surface area contributed by atoms with Crippen molar-refractivity contribution >= 4 is 21.7 Å². The molecule has 0 saturated heterocycles. The van der Waals surface area contributed by atoms with Crippen molar-refractivity contribution in [1.29, 1.82) is 0 Å². The van der Waals surface area contributed by atoms with Crippen LogP contribution in [0.4, 0.5) is 11.6 Å². The monoisotopic (exact) mass is 323 g/mol. The summed E-state index contributed by atoms with van der Waals surface area (Å²) < 4.78 is 31.9.